The summed E-state index contributed by atoms with van der Waals surface area (Å²) in [6, 6.07) is 16.2. The molecule has 1 unspecified atom stereocenters. The minimum Gasteiger partial charge on any atom is -0.489 e. The van der Waals surface area contributed by atoms with E-state index in [1.165, 1.54) is 0 Å². The van der Waals surface area contributed by atoms with Gasteiger partial charge in [-0.3, -0.25) is 0 Å². The average Bonchev–Trinajstić information content (AvgIpc) is 2.54. The first-order chi connectivity index (χ1) is 10.2. The standard InChI is InChI=1S/C17H19NO3/c1-2-20-17(19)16(18)14-10-6-7-11-15(14)21-12-13-8-4-3-5-9-13/h3-11,16H,2,12,18H2,1H3. The molecule has 2 aromatic rings. The lowest BCUT2D eigenvalue weighted by molar-refractivity contribution is -0.144. The third-order valence-electron chi connectivity index (χ3n) is 3.03. The fourth-order valence-electron chi connectivity index (χ4n) is 1.96. The van der Waals surface area contributed by atoms with Crippen LogP contribution in [0.1, 0.15) is 24.1 Å². The number of carbonyl (C=O) groups excluding carboxylic acids is 1. The van der Waals surface area contributed by atoms with Gasteiger partial charge in [0.05, 0.1) is 6.61 Å². The molecule has 4 nitrogen and oxygen atoms in total. The van der Waals surface area contributed by atoms with E-state index in [9.17, 15) is 4.79 Å². The van der Waals surface area contributed by atoms with Crippen LogP contribution in [0.25, 0.3) is 0 Å². The second-order valence-corrected chi connectivity index (χ2v) is 4.54. The van der Waals surface area contributed by atoms with E-state index in [2.05, 4.69) is 0 Å². The van der Waals surface area contributed by atoms with Crippen LogP contribution in [-0.2, 0) is 16.1 Å². The van der Waals surface area contributed by atoms with Crippen molar-refractivity contribution in [2.45, 2.75) is 19.6 Å². The van der Waals surface area contributed by atoms with Crippen molar-refractivity contribution in [3.8, 4) is 5.75 Å². The molecule has 4 heteroatoms. The molecule has 1 atom stereocenters. The van der Waals surface area contributed by atoms with E-state index in [4.69, 9.17) is 15.2 Å². The molecule has 0 saturated heterocycles. The molecule has 0 bridgehead atoms. The average molecular weight is 285 g/mol. The molecule has 0 saturated carbocycles. The largest absolute Gasteiger partial charge is 0.489 e. The van der Waals surface area contributed by atoms with Crippen LogP contribution in [0, 0.1) is 0 Å². The molecule has 0 amide bonds. The van der Waals surface area contributed by atoms with E-state index in [-0.39, 0.29) is 0 Å². The van der Waals surface area contributed by atoms with Gasteiger partial charge in [0.15, 0.2) is 0 Å². The number of nitrogens with two attached hydrogens (primary N) is 1. The van der Waals surface area contributed by atoms with E-state index < -0.39 is 12.0 Å². The van der Waals surface area contributed by atoms with Gasteiger partial charge in [0.25, 0.3) is 0 Å². The number of hydrogen-bond donors (Lipinski definition) is 1. The number of rotatable bonds is 6. The van der Waals surface area contributed by atoms with Crippen molar-refractivity contribution >= 4 is 5.97 Å². The molecule has 2 aromatic carbocycles. The maximum Gasteiger partial charge on any atom is 0.327 e. The van der Waals surface area contributed by atoms with E-state index >= 15 is 0 Å². The van der Waals surface area contributed by atoms with Crippen molar-refractivity contribution in [2.24, 2.45) is 5.73 Å². The van der Waals surface area contributed by atoms with E-state index in [1.807, 2.05) is 42.5 Å². The monoisotopic (exact) mass is 285 g/mol. The third-order valence-corrected chi connectivity index (χ3v) is 3.03. The first-order valence-corrected chi connectivity index (χ1v) is 6.90. The number of hydrogen-bond acceptors (Lipinski definition) is 4. The molecule has 0 heterocycles. The van der Waals surface area contributed by atoms with E-state index in [0.29, 0.717) is 24.5 Å². The molecule has 2 N–H and O–H groups in total. The quantitative estimate of drug-likeness (QED) is 0.829. The van der Waals surface area contributed by atoms with Gasteiger partial charge in [-0.2, -0.15) is 0 Å². The summed E-state index contributed by atoms with van der Waals surface area (Å²) in [5, 5.41) is 0. The molecule has 21 heavy (non-hydrogen) atoms. The Kier molecular flexibility index (Phi) is 5.35. The van der Waals surface area contributed by atoms with Gasteiger partial charge in [0, 0.05) is 5.56 Å². The van der Waals surface area contributed by atoms with E-state index in [1.54, 1.807) is 19.1 Å². The Bertz CT molecular complexity index is 584. The van der Waals surface area contributed by atoms with Crippen molar-refractivity contribution in [3.63, 3.8) is 0 Å². The minimum atomic E-state index is -0.836. The van der Waals surface area contributed by atoms with Gasteiger partial charge in [0.1, 0.15) is 18.4 Å². The second-order valence-electron chi connectivity index (χ2n) is 4.54. The number of ether oxygens (including phenoxy) is 2. The molecule has 0 aliphatic rings. The summed E-state index contributed by atoms with van der Waals surface area (Å²) in [5.41, 5.74) is 7.62. The summed E-state index contributed by atoms with van der Waals surface area (Å²) in [5.74, 6) is 0.148. The summed E-state index contributed by atoms with van der Waals surface area (Å²) in [7, 11) is 0. The third kappa shape index (κ3) is 4.07. The van der Waals surface area contributed by atoms with Gasteiger partial charge in [-0.05, 0) is 18.6 Å². The van der Waals surface area contributed by atoms with Gasteiger partial charge >= 0.3 is 5.97 Å². The normalized spacial score (nSPS) is 11.7. The molecule has 0 spiro atoms. The van der Waals surface area contributed by atoms with Crippen molar-refractivity contribution < 1.29 is 14.3 Å². The summed E-state index contributed by atoms with van der Waals surface area (Å²) < 4.78 is 10.7. The Morgan fingerprint density at radius 3 is 2.48 bits per heavy atom. The lowest BCUT2D eigenvalue weighted by Crippen LogP contribution is -2.24. The zero-order chi connectivity index (χ0) is 15.1. The Hall–Kier alpha value is -2.33. The smallest absolute Gasteiger partial charge is 0.327 e. The molecular weight excluding hydrogens is 266 g/mol. The molecule has 0 aromatic heterocycles. The Morgan fingerprint density at radius 1 is 1.10 bits per heavy atom. The minimum absolute atomic E-state index is 0.305. The van der Waals surface area contributed by atoms with Crippen LogP contribution < -0.4 is 10.5 Å². The molecule has 0 aliphatic heterocycles. The highest BCUT2D eigenvalue weighted by atomic mass is 16.5. The van der Waals surface area contributed by atoms with Crippen LogP contribution in [-0.4, -0.2) is 12.6 Å². The van der Waals surface area contributed by atoms with Crippen molar-refractivity contribution in [2.75, 3.05) is 6.61 Å². The summed E-state index contributed by atoms with van der Waals surface area (Å²) in [4.78, 5) is 11.8. The Labute approximate surface area is 124 Å². The summed E-state index contributed by atoms with van der Waals surface area (Å²) in [6.07, 6.45) is 0. The lowest BCUT2D eigenvalue weighted by atomic mass is 10.1. The fourth-order valence-corrected chi connectivity index (χ4v) is 1.96. The number of esters is 1. The molecular formula is C17H19NO3. The van der Waals surface area contributed by atoms with Crippen molar-refractivity contribution in [3.05, 3.63) is 65.7 Å². The van der Waals surface area contributed by atoms with Crippen molar-refractivity contribution in [1.29, 1.82) is 0 Å². The number of benzene rings is 2. The van der Waals surface area contributed by atoms with Crippen LogP contribution in [0.3, 0.4) is 0 Å². The van der Waals surface area contributed by atoms with Crippen molar-refractivity contribution in [1.82, 2.24) is 0 Å². The second kappa shape index (κ2) is 7.45. The van der Waals surface area contributed by atoms with Gasteiger partial charge in [-0.25, -0.2) is 4.79 Å². The zero-order valence-electron chi connectivity index (χ0n) is 12.0. The van der Waals surface area contributed by atoms with Gasteiger partial charge < -0.3 is 15.2 Å². The lowest BCUT2D eigenvalue weighted by Gasteiger charge is -2.16. The summed E-state index contributed by atoms with van der Waals surface area (Å²) in [6.45, 7) is 2.48. The van der Waals surface area contributed by atoms with Gasteiger partial charge in [-0.15, -0.1) is 0 Å². The van der Waals surface area contributed by atoms with Crippen LogP contribution in [0.2, 0.25) is 0 Å². The van der Waals surface area contributed by atoms with Crippen LogP contribution in [0.4, 0.5) is 0 Å². The number of carbonyl (C=O) groups is 1. The SMILES string of the molecule is CCOC(=O)C(N)c1ccccc1OCc1ccccc1. The molecule has 2 rings (SSSR count). The zero-order valence-corrected chi connectivity index (χ0v) is 12.0. The first-order valence-electron chi connectivity index (χ1n) is 6.90. The topological polar surface area (TPSA) is 61.5 Å². The summed E-state index contributed by atoms with van der Waals surface area (Å²) >= 11 is 0. The number of para-hydroxylation sites is 1. The Balaban J connectivity index is 2.11. The predicted molar refractivity (Wildman–Crippen MR) is 80.8 cm³/mol. The highest BCUT2D eigenvalue weighted by Crippen LogP contribution is 2.25. The highest BCUT2D eigenvalue weighted by molar-refractivity contribution is 5.78. The van der Waals surface area contributed by atoms with Crippen LogP contribution in [0.5, 0.6) is 5.75 Å². The highest BCUT2D eigenvalue weighted by Gasteiger charge is 2.20. The first kappa shape index (κ1) is 15.1. The maximum atomic E-state index is 11.8. The van der Waals surface area contributed by atoms with Crippen LogP contribution >= 0.6 is 0 Å². The predicted octanol–water partition coefficient (Wildman–Crippen LogP) is 2.83. The molecule has 0 fully saturated rings. The Morgan fingerprint density at radius 2 is 1.76 bits per heavy atom. The van der Waals surface area contributed by atoms with Crippen LogP contribution in [0.15, 0.2) is 54.6 Å². The fraction of sp³-hybridized carbons (Fsp3) is 0.235. The molecule has 0 radical (unpaired) electrons. The maximum absolute atomic E-state index is 11.8. The molecule has 110 valence electrons. The van der Waals surface area contributed by atoms with Gasteiger partial charge in [-0.1, -0.05) is 48.5 Å². The molecule has 0 aliphatic carbocycles. The van der Waals surface area contributed by atoms with Gasteiger partial charge in [0.2, 0.25) is 0 Å². The van der Waals surface area contributed by atoms with E-state index in [0.717, 1.165) is 5.56 Å².